The molecule has 2 fully saturated rings. The summed E-state index contributed by atoms with van der Waals surface area (Å²) in [7, 11) is 0. The molecule has 68 heavy (non-hydrogen) atoms. The number of nitrogens with one attached hydrogen (secondary N) is 5. The molecule has 0 bridgehead atoms. The summed E-state index contributed by atoms with van der Waals surface area (Å²) < 4.78 is 5.46. The first kappa shape index (κ1) is 54.0. The second-order valence-corrected chi connectivity index (χ2v) is 18.9. The highest BCUT2D eigenvalue weighted by atomic mass is 16.7. The van der Waals surface area contributed by atoms with Crippen LogP contribution in [0.2, 0.25) is 0 Å². The third-order valence-electron chi connectivity index (χ3n) is 11.2. The second-order valence-electron chi connectivity index (χ2n) is 18.9. The maximum atomic E-state index is 14.4. The first-order valence-corrected chi connectivity index (χ1v) is 23.2. The number of carbonyl (C=O) groups is 9. The lowest BCUT2D eigenvalue weighted by atomic mass is 9.99. The van der Waals surface area contributed by atoms with Crippen LogP contribution < -0.4 is 32.3 Å². The van der Waals surface area contributed by atoms with Crippen LogP contribution in [0.3, 0.4) is 0 Å². The lowest BCUT2D eigenvalue weighted by Gasteiger charge is -2.31. The summed E-state index contributed by atoms with van der Waals surface area (Å²) in [6.07, 6.45) is 0.0585. The van der Waals surface area contributed by atoms with E-state index in [0.29, 0.717) is 17.0 Å². The van der Waals surface area contributed by atoms with E-state index in [1.54, 1.807) is 72.7 Å². The molecule has 0 aromatic heterocycles. The zero-order valence-corrected chi connectivity index (χ0v) is 40.0. The fraction of sp³-hybridized carbons (Fsp3) is 0.562. The molecule has 2 aromatic carbocycles. The predicted octanol–water partition coefficient (Wildman–Crippen LogP) is 2.05. The Kier molecular flexibility index (Phi) is 19.9. The molecular formula is C48H68N8O12. The second kappa shape index (κ2) is 25.0. The fourth-order valence-electron chi connectivity index (χ4n) is 7.76. The van der Waals surface area contributed by atoms with Gasteiger partial charge in [0.1, 0.15) is 47.6 Å². The number of ether oxygens (including phenoxy) is 1. The maximum absolute atomic E-state index is 14.4. The van der Waals surface area contributed by atoms with Gasteiger partial charge in [-0.15, -0.1) is 5.06 Å². The number of nitrogens with two attached hydrogens (primary N) is 1. The van der Waals surface area contributed by atoms with E-state index in [2.05, 4.69) is 26.6 Å². The Morgan fingerprint density at radius 1 is 0.750 bits per heavy atom. The highest BCUT2D eigenvalue weighted by Crippen LogP contribution is 2.22. The van der Waals surface area contributed by atoms with Gasteiger partial charge in [-0.25, -0.2) is 9.59 Å². The van der Waals surface area contributed by atoms with Gasteiger partial charge in [-0.2, -0.15) is 0 Å². The van der Waals surface area contributed by atoms with Crippen molar-refractivity contribution in [1.29, 1.82) is 0 Å². The minimum Gasteiger partial charge on any atom is -0.508 e. The maximum Gasteiger partial charge on any atom is 0.408 e. The van der Waals surface area contributed by atoms with Gasteiger partial charge in [0, 0.05) is 32.2 Å². The van der Waals surface area contributed by atoms with Crippen LogP contribution in [0.4, 0.5) is 4.79 Å². The quantitative estimate of drug-likeness (QED) is 0.0834. The van der Waals surface area contributed by atoms with Gasteiger partial charge in [-0.3, -0.25) is 33.6 Å². The van der Waals surface area contributed by atoms with Gasteiger partial charge in [0.25, 0.3) is 11.8 Å². The van der Waals surface area contributed by atoms with Gasteiger partial charge in [0.2, 0.25) is 29.5 Å². The molecule has 2 aliphatic heterocycles. The molecule has 0 saturated carbocycles. The molecule has 20 heteroatoms. The molecule has 2 heterocycles. The van der Waals surface area contributed by atoms with Crippen LogP contribution in [-0.2, 0) is 60.8 Å². The molecule has 8 amide bonds. The number of hydrogen-bond acceptors (Lipinski definition) is 13. The first-order valence-electron chi connectivity index (χ1n) is 23.2. The molecule has 372 valence electrons. The Bertz CT molecular complexity index is 2090. The van der Waals surface area contributed by atoms with E-state index in [1.165, 1.54) is 17.0 Å². The van der Waals surface area contributed by atoms with E-state index in [9.17, 15) is 48.3 Å². The molecule has 2 aliphatic rings. The van der Waals surface area contributed by atoms with E-state index in [1.807, 2.05) is 18.2 Å². The average Bonchev–Trinajstić information content (AvgIpc) is 3.89. The van der Waals surface area contributed by atoms with E-state index >= 15 is 0 Å². The van der Waals surface area contributed by atoms with Gasteiger partial charge >= 0.3 is 12.1 Å². The lowest BCUT2D eigenvalue weighted by Crippen LogP contribution is -2.60. The summed E-state index contributed by atoms with van der Waals surface area (Å²) in [5.74, 6) is -6.64. The Morgan fingerprint density at radius 3 is 1.93 bits per heavy atom. The molecule has 2 aromatic rings. The van der Waals surface area contributed by atoms with E-state index in [4.69, 9.17) is 15.3 Å². The smallest absolute Gasteiger partial charge is 0.408 e. The number of alkyl carbamates (subject to hydrolysis) is 1. The first-order chi connectivity index (χ1) is 32.1. The van der Waals surface area contributed by atoms with Crippen molar-refractivity contribution >= 4 is 53.4 Å². The van der Waals surface area contributed by atoms with Crippen LogP contribution in [0.1, 0.15) is 105 Å². The Balaban J connectivity index is 1.54. The minimum atomic E-state index is -1.31. The van der Waals surface area contributed by atoms with Gasteiger partial charge in [-0.05, 0) is 94.5 Å². The topological polar surface area (TPSA) is 285 Å². The molecule has 20 nitrogen and oxygen atoms in total. The number of benzene rings is 2. The van der Waals surface area contributed by atoms with Crippen molar-refractivity contribution in [2.45, 2.75) is 148 Å². The molecular weight excluding hydrogens is 881 g/mol. The van der Waals surface area contributed by atoms with Crippen LogP contribution in [-0.4, -0.2) is 123 Å². The van der Waals surface area contributed by atoms with Crippen LogP contribution in [0.5, 0.6) is 5.75 Å². The summed E-state index contributed by atoms with van der Waals surface area (Å²) in [6, 6.07) is 7.77. The number of imide groups is 1. The largest absolute Gasteiger partial charge is 0.508 e. The number of rotatable bonds is 22. The summed E-state index contributed by atoms with van der Waals surface area (Å²) in [6.45, 7) is 12.3. The number of likely N-dealkylation sites (tertiary alicyclic amines) is 1. The predicted molar refractivity (Wildman–Crippen MR) is 247 cm³/mol. The van der Waals surface area contributed by atoms with Gasteiger partial charge < -0.3 is 51.9 Å². The van der Waals surface area contributed by atoms with Gasteiger partial charge in [-0.1, -0.05) is 70.2 Å². The number of hydrogen-bond donors (Lipinski definition) is 7. The molecule has 0 aliphatic carbocycles. The van der Waals surface area contributed by atoms with Crippen molar-refractivity contribution in [2.24, 2.45) is 17.6 Å². The van der Waals surface area contributed by atoms with Gasteiger partial charge in [0.15, 0.2) is 0 Å². The van der Waals surface area contributed by atoms with Crippen LogP contribution >= 0.6 is 0 Å². The lowest BCUT2D eigenvalue weighted by molar-refractivity contribution is -0.199. The van der Waals surface area contributed by atoms with Crippen molar-refractivity contribution in [3.05, 3.63) is 65.7 Å². The number of phenolic OH excluding ortho intramolecular Hbond substituents is 1. The monoisotopic (exact) mass is 948 g/mol. The fourth-order valence-corrected chi connectivity index (χ4v) is 7.76. The van der Waals surface area contributed by atoms with E-state index in [0.717, 1.165) is 5.56 Å². The number of aromatic hydroxyl groups is 1. The van der Waals surface area contributed by atoms with Crippen molar-refractivity contribution in [3.8, 4) is 5.75 Å². The Hall–Kier alpha value is -6.57. The zero-order chi connectivity index (χ0) is 50.3. The van der Waals surface area contributed by atoms with Crippen LogP contribution in [0, 0.1) is 11.8 Å². The highest BCUT2D eigenvalue weighted by molar-refractivity contribution is 6.02. The van der Waals surface area contributed by atoms with Crippen LogP contribution in [0.15, 0.2) is 54.6 Å². The normalized spacial score (nSPS) is 17.2. The third kappa shape index (κ3) is 16.3. The number of carbonyl (C=O) groups excluding carboxylic acids is 9. The summed E-state index contributed by atoms with van der Waals surface area (Å²) in [4.78, 5) is 128. The van der Waals surface area contributed by atoms with Gasteiger partial charge in [0.05, 0.1) is 0 Å². The van der Waals surface area contributed by atoms with Crippen molar-refractivity contribution in [2.75, 3.05) is 13.1 Å². The van der Waals surface area contributed by atoms with E-state index < -0.39 is 101 Å². The van der Waals surface area contributed by atoms with E-state index in [-0.39, 0.29) is 76.1 Å². The number of hydroxylamine groups is 2. The summed E-state index contributed by atoms with van der Waals surface area (Å²) in [5.41, 5.74) is 6.23. The molecule has 0 spiro atoms. The molecule has 0 radical (unpaired) electrons. The van der Waals surface area contributed by atoms with Crippen molar-refractivity contribution in [1.82, 2.24) is 36.5 Å². The zero-order valence-electron chi connectivity index (χ0n) is 40.0. The summed E-state index contributed by atoms with van der Waals surface area (Å²) in [5, 5.41) is 23.9. The SMILES string of the molecule is CC(C)C[C@H](NC(=O)[C@H](CCCN)NC(=O)[C@@H](NC(=O)[C@H](Cc1ccc(O)cc1)NC(=O)[C@@H]1CCCN1C(=O)[C@@H](Cc1ccccc1)NC(=O)OC(C)(C)C)C(C)C)C(=O)ON1C(=O)CCC1=O. The third-order valence-corrected chi connectivity index (χ3v) is 11.2. The molecule has 0 unspecified atom stereocenters. The van der Waals surface area contributed by atoms with Crippen molar-refractivity contribution < 1.29 is 57.8 Å². The highest BCUT2D eigenvalue weighted by Gasteiger charge is 2.41. The number of nitrogens with zero attached hydrogens (tertiary/aromatic N) is 2. The van der Waals surface area contributed by atoms with Crippen LogP contribution in [0.25, 0.3) is 0 Å². The molecule has 4 rings (SSSR count). The Labute approximate surface area is 397 Å². The number of amides is 8. The molecule has 2 saturated heterocycles. The number of phenols is 1. The van der Waals surface area contributed by atoms with Crippen molar-refractivity contribution in [3.63, 3.8) is 0 Å². The average molecular weight is 949 g/mol. The standard InChI is InChI=1S/C48H68N8O12/c1-28(2)25-36(46(65)68-56-38(58)21-22-39(56)59)52-41(60)33(15-11-23-49)50-44(63)40(29(3)4)54-42(61)34(26-31-17-19-32(57)20-18-31)51-43(62)37-16-12-24-55(37)45(64)35(27-30-13-9-8-10-14-30)53-47(66)67-48(5,6)7/h8-10,13-14,17-20,28-29,33-37,40,57H,11-12,15-16,21-27,49H2,1-7H3,(H,50,63)(H,51,62)(H,52,60)(H,53,66)(H,54,61)/t33-,34-,35+,36-,37-,40-/m0/s1. The molecule has 6 atom stereocenters. The Morgan fingerprint density at radius 2 is 1.34 bits per heavy atom. The molecule has 8 N–H and O–H groups in total. The summed E-state index contributed by atoms with van der Waals surface area (Å²) >= 11 is 0. The minimum absolute atomic E-state index is 0.0297.